The number of rotatable bonds is 8. The third-order valence-corrected chi connectivity index (χ3v) is 6.81. The largest absolute Gasteiger partial charge is 0.462 e. The summed E-state index contributed by atoms with van der Waals surface area (Å²) in [5.41, 5.74) is 1.76. The Morgan fingerprint density at radius 3 is 2.61 bits per heavy atom. The minimum atomic E-state index is -1.14. The Hall–Kier alpha value is -3.10. The number of amides is 1. The average Bonchev–Trinajstić information content (AvgIpc) is 3.47. The zero-order valence-corrected chi connectivity index (χ0v) is 19.6. The van der Waals surface area contributed by atoms with Crippen LogP contribution in [0.1, 0.15) is 61.5 Å². The van der Waals surface area contributed by atoms with Gasteiger partial charge in [-0.25, -0.2) is 4.79 Å². The lowest BCUT2D eigenvalue weighted by molar-refractivity contribution is 0.0526. The van der Waals surface area contributed by atoms with Crippen molar-refractivity contribution in [2.45, 2.75) is 38.8 Å². The molecular weight excluding hydrogens is 464 g/mol. The van der Waals surface area contributed by atoms with Gasteiger partial charge in [0, 0.05) is 15.5 Å². The summed E-state index contributed by atoms with van der Waals surface area (Å²) in [6.45, 7) is 1.99. The fraction of sp³-hybridized carbons (Fsp3) is 0.292. The van der Waals surface area contributed by atoms with Gasteiger partial charge in [0.15, 0.2) is 11.9 Å². The zero-order valence-electron chi connectivity index (χ0n) is 18.0. The van der Waals surface area contributed by atoms with E-state index >= 15 is 0 Å². The number of esters is 1. The van der Waals surface area contributed by atoms with Crippen LogP contribution < -0.4 is 10.6 Å². The number of anilines is 1. The number of hydrogen-bond donors (Lipinski definition) is 2. The summed E-state index contributed by atoms with van der Waals surface area (Å²) in [6, 6.07) is 9.48. The molecule has 1 atom stereocenters. The summed E-state index contributed by atoms with van der Waals surface area (Å²) in [6.07, 6.45) is 3.90. The van der Waals surface area contributed by atoms with E-state index in [9.17, 15) is 14.4 Å². The van der Waals surface area contributed by atoms with Crippen molar-refractivity contribution < 1.29 is 23.5 Å². The summed E-state index contributed by atoms with van der Waals surface area (Å²) in [7, 11) is 0. The molecule has 2 N–H and O–H groups in total. The van der Waals surface area contributed by atoms with Crippen molar-refractivity contribution in [3.8, 4) is 0 Å². The number of aryl methyl sites for hydroxylation is 1. The predicted octanol–water partition coefficient (Wildman–Crippen LogP) is 5.10. The van der Waals surface area contributed by atoms with Gasteiger partial charge in [0.25, 0.3) is 5.91 Å². The Kier molecular flexibility index (Phi) is 7.15. The molecule has 0 radical (unpaired) electrons. The molecule has 0 unspecified atom stereocenters. The van der Waals surface area contributed by atoms with Crippen LogP contribution in [0.4, 0.5) is 5.00 Å². The van der Waals surface area contributed by atoms with Crippen LogP contribution in [0.3, 0.4) is 0 Å². The van der Waals surface area contributed by atoms with Crippen molar-refractivity contribution >= 4 is 45.6 Å². The Balaban J connectivity index is 1.69. The van der Waals surface area contributed by atoms with E-state index in [2.05, 4.69) is 10.6 Å². The lowest BCUT2D eigenvalue weighted by Gasteiger charge is -2.20. The van der Waals surface area contributed by atoms with Crippen LogP contribution in [0.25, 0.3) is 0 Å². The fourth-order valence-corrected chi connectivity index (χ4v) is 5.21. The fourth-order valence-electron chi connectivity index (χ4n) is 3.78. The number of halogens is 1. The smallest absolute Gasteiger partial charge is 0.341 e. The van der Waals surface area contributed by atoms with Crippen molar-refractivity contribution in [1.82, 2.24) is 5.32 Å². The van der Waals surface area contributed by atoms with Crippen LogP contribution in [0.2, 0.25) is 5.02 Å². The SMILES string of the molecule is CCOC(=O)c1c(N[C@H](NC(=O)c2ccco2)C(=O)c2ccc(Cl)cc2)sc2c1CCCC2. The molecule has 1 aliphatic rings. The monoisotopic (exact) mass is 486 g/mol. The third kappa shape index (κ3) is 5.12. The van der Waals surface area contributed by atoms with Gasteiger partial charge in [-0.15, -0.1) is 11.3 Å². The molecule has 1 aromatic carbocycles. The second kappa shape index (κ2) is 10.2. The number of fused-ring (bicyclic) bond motifs is 1. The molecule has 9 heteroatoms. The molecule has 0 spiro atoms. The summed E-state index contributed by atoms with van der Waals surface area (Å²) < 4.78 is 10.5. The van der Waals surface area contributed by atoms with Crippen LogP contribution in [-0.4, -0.2) is 30.4 Å². The first-order valence-electron chi connectivity index (χ1n) is 10.7. The molecule has 33 heavy (non-hydrogen) atoms. The number of nitrogens with one attached hydrogen (secondary N) is 2. The summed E-state index contributed by atoms with van der Waals surface area (Å²) in [5.74, 6) is -1.30. The maximum atomic E-state index is 13.4. The molecule has 0 saturated carbocycles. The van der Waals surface area contributed by atoms with Crippen LogP contribution in [0.15, 0.2) is 47.1 Å². The lowest BCUT2D eigenvalue weighted by atomic mass is 9.95. The summed E-state index contributed by atoms with van der Waals surface area (Å²) in [5, 5.41) is 6.80. The molecule has 2 heterocycles. The second-order valence-corrected chi connectivity index (χ2v) is 9.08. The molecule has 7 nitrogen and oxygen atoms in total. The topological polar surface area (TPSA) is 97.6 Å². The predicted molar refractivity (Wildman–Crippen MR) is 126 cm³/mol. The van der Waals surface area contributed by atoms with Crippen molar-refractivity contribution in [2.24, 2.45) is 0 Å². The summed E-state index contributed by atoms with van der Waals surface area (Å²) >= 11 is 7.39. The van der Waals surface area contributed by atoms with E-state index in [1.54, 1.807) is 37.3 Å². The lowest BCUT2D eigenvalue weighted by Crippen LogP contribution is -2.46. The van der Waals surface area contributed by atoms with E-state index in [1.165, 1.54) is 23.7 Å². The average molecular weight is 487 g/mol. The Labute approximate surface area is 200 Å². The first kappa shape index (κ1) is 23.1. The van der Waals surface area contributed by atoms with Gasteiger partial charge in [-0.3, -0.25) is 9.59 Å². The highest BCUT2D eigenvalue weighted by molar-refractivity contribution is 7.16. The Bertz CT molecular complexity index is 1150. The number of benzene rings is 1. The van der Waals surface area contributed by atoms with Gasteiger partial charge in [-0.2, -0.15) is 0 Å². The third-order valence-electron chi connectivity index (χ3n) is 5.34. The first-order valence-corrected chi connectivity index (χ1v) is 11.9. The maximum absolute atomic E-state index is 13.4. The normalized spacial score (nSPS) is 13.6. The number of ketones is 1. The van der Waals surface area contributed by atoms with Crippen LogP contribution in [-0.2, 0) is 17.6 Å². The van der Waals surface area contributed by atoms with Gasteiger partial charge in [-0.1, -0.05) is 11.6 Å². The van der Waals surface area contributed by atoms with Gasteiger partial charge < -0.3 is 19.8 Å². The van der Waals surface area contributed by atoms with Crippen LogP contribution >= 0.6 is 22.9 Å². The molecule has 0 fully saturated rings. The molecule has 0 bridgehead atoms. The minimum Gasteiger partial charge on any atom is -0.462 e. The van der Waals surface area contributed by atoms with Gasteiger partial charge >= 0.3 is 5.97 Å². The molecule has 1 aliphatic carbocycles. The number of carbonyl (C=O) groups excluding carboxylic acids is 3. The molecule has 2 aromatic heterocycles. The molecule has 0 aliphatic heterocycles. The second-order valence-electron chi connectivity index (χ2n) is 7.53. The summed E-state index contributed by atoms with van der Waals surface area (Å²) in [4.78, 5) is 40.0. The van der Waals surface area contributed by atoms with Crippen molar-refractivity contribution in [3.63, 3.8) is 0 Å². The number of furan rings is 1. The highest BCUT2D eigenvalue weighted by Gasteiger charge is 2.30. The highest BCUT2D eigenvalue weighted by atomic mass is 35.5. The standard InChI is InChI=1S/C24H23ClN2O5S/c1-2-31-24(30)19-16-6-3-4-8-18(16)33-23(19)27-21(26-22(29)17-7-5-13-32-17)20(28)14-9-11-15(25)12-10-14/h5,7,9-13,21,27H,2-4,6,8H2,1H3,(H,26,29)/t21-/m0/s1. The van der Waals surface area contributed by atoms with Gasteiger partial charge in [-0.05, 0) is 74.6 Å². The van der Waals surface area contributed by atoms with Gasteiger partial charge in [0.2, 0.25) is 5.78 Å². The number of carbonyl (C=O) groups is 3. The van der Waals surface area contributed by atoms with Crippen LogP contribution in [0, 0.1) is 0 Å². The van der Waals surface area contributed by atoms with Crippen LogP contribution in [0.5, 0.6) is 0 Å². The van der Waals surface area contributed by atoms with Gasteiger partial charge in [0.05, 0.1) is 18.4 Å². The van der Waals surface area contributed by atoms with E-state index in [-0.39, 0.29) is 18.2 Å². The number of thiophene rings is 1. The molecule has 0 saturated heterocycles. The van der Waals surface area contributed by atoms with Crippen molar-refractivity contribution in [3.05, 3.63) is 75.0 Å². The number of hydrogen-bond acceptors (Lipinski definition) is 7. The van der Waals surface area contributed by atoms with Crippen molar-refractivity contribution in [2.75, 3.05) is 11.9 Å². The first-order chi connectivity index (χ1) is 16.0. The molecular formula is C24H23ClN2O5S. The minimum absolute atomic E-state index is 0.0711. The number of ether oxygens (including phenoxy) is 1. The van der Waals surface area contributed by atoms with E-state index < -0.39 is 18.0 Å². The van der Waals surface area contributed by atoms with Gasteiger partial charge in [0.1, 0.15) is 5.00 Å². The Morgan fingerprint density at radius 1 is 1.15 bits per heavy atom. The van der Waals surface area contributed by atoms with E-state index in [0.717, 1.165) is 36.1 Å². The highest BCUT2D eigenvalue weighted by Crippen LogP contribution is 2.39. The van der Waals surface area contributed by atoms with E-state index in [4.69, 9.17) is 20.8 Å². The Morgan fingerprint density at radius 2 is 1.91 bits per heavy atom. The number of Topliss-reactive ketones (excluding diaryl/α,β-unsaturated/α-hetero) is 1. The quantitative estimate of drug-likeness (QED) is 0.261. The van der Waals surface area contributed by atoms with E-state index in [0.29, 0.717) is 21.2 Å². The molecule has 3 aromatic rings. The van der Waals surface area contributed by atoms with E-state index in [1.807, 2.05) is 0 Å². The van der Waals surface area contributed by atoms with Crippen molar-refractivity contribution in [1.29, 1.82) is 0 Å². The zero-order chi connectivity index (χ0) is 23.4. The molecule has 172 valence electrons. The molecule has 1 amide bonds. The maximum Gasteiger partial charge on any atom is 0.341 e. The molecule has 4 rings (SSSR count).